The van der Waals surface area contributed by atoms with Crippen LogP contribution in [0.25, 0.3) is 0 Å². The van der Waals surface area contributed by atoms with Crippen molar-refractivity contribution in [2.24, 2.45) is 0 Å². The quantitative estimate of drug-likeness (QED) is 0.918. The molecule has 2 nitrogen and oxygen atoms in total. The van der Waals surface area contributed by atoms with E-state index in [0.29, 0.717) is 6.04 Å². The van der Waals surface area contributed by atoms with E-state index in [1.807, 2.05) is 18.0 Å². The summed E-state index contributed by atoms with van der Waals surface area (Å²) in [7, 11) is 0. The molecule has 1 aromatic heterocycles. The molecule has 1 heterocycles. The Bertz CT molecular complexity index is 370. The van der Waals surface area contributed by atoms with E-state index in [-0.39, 0.29) is 0 Å². The van der Waals surface area contributed by atoms with Gasteiger partial charge in [0, 0.05) is 22.0 Å². The van der Waals surface area contributed by atoms with Crippen LogP contribution < -0.4 is 5.32 Å². The lowest BCUT2D eigenvalue weighted by molar-refractivity contribution is 0.752. The van der Waals surface area contributed by atoms with Crippen LogP contribution in [0.4, 0.5) is 5.82 Å². The highest BCUT2D eigenvalue weighted by Crippen LogP contribution is 2.30. The minimum Gasteiger partial charge on any atom is -0.367 e. The first-order valence-corrected chi connectivity index (χ1v) is 7.68. The molecule has 88 valence electrons. The van der Waals surface area contributed by atoms with E-state index < -0.39 is 0 Å². The second-order valence-corrected chi connectivity index (χ2v) is 6.32. The van der Waals surface area contributed by atoms with Crippen LogP contribution in [0.15, 0.2) is 16.7 Å². The maximum absolute atomic E-state index is 4.39. The van der Waals surface area contributed by atoms with Crippen LogP contribution in [0.5, 0.6) is 0 Å². The van der Waals surface area contributed by atoms with Gasteiger partial charge in [-0.2, -0.15) is 11.8 Å². The number of anilines is 1. The van der Waals surface area contributed by atoms with Gasteiger partial charge < -0.3 is 5.32 Å². The molecule has 0 amide bonds. The molecule has 0 aromatic carbocycles. The third kappa shape index (κ3) is 2.92. The molecule has 4 heteroatoms. The third-order valence-electron chi connectivity index (χ3n) is 3.12. The molecule has 2 rings (SSSR count). The maximum atomic E-state index is 4.39. The second kappa shape index (κ2) is 5.41. The van der Waals surface area contributed by atoms with Crippen LogP contribution in [-0.4, -0.2) is 22.5 Å². The number of aryl methyl sites for hydroxylation is 1. The molecule has 1 aromatic rings. The zero-order chi connectivity index (χ0) is 11.5. The van der Waals surface area contributed by atoms with Crippen molar-refractivity contribution in [1.82, 2.24) is 4.98 Å². The number of pyridine rings is 1. The van der Waals surface area contributed by atoms with E-state index in [9.17, 15) is 0 Å². The third-order valence-corrected chi connectivity index (χ3v) is 5.04. The van der Waals surface area contributed by atoms with Crippen LogP contribution in [0, 0.1) is 6.92 Å². The molecule has 0 spiro atoms. The zero-order valence-electron chi connectivity index (χ0n) is 9.66. The highest BCUT2D eigenvalue weighted by molar-refractivity contribution is 9.10. The Morgan fingerprint density at radius 1 is 1.50 bits per heavy atom. The fourth-order valence-electron chi connectivity index (χ4n) is 2.11. The topological polar surface area (TPSA) is 24.9 Å². The number of rotatable bonds is 3. The number of thioether (sulfide) groups is 1. The summed E-state index contributed by atoms with van der Waals surface area (Å²) in [5.74, 6) is 1.01. The van der Waals surface area contributed by atoms with E-state index >= 15 is 0 Å². The number of hydrogen-bond donors (Lipinski definition) is 1. The fourth-order valence-corrected chi connectivity index (χ4v) is 3.13. The standard InChI is InChI=1S/C12H17BrN2S/c1-8-5-12(14-7-11(8)13)15-9-3-4-10(6-9)16-2/h5,7,9-10H,3-4,6H2,1-2H3,(H,14,15). The molecule has 1 aliphatic carbocycles. The van der Waals surface area contributed by atoms with Gasteiger partial charge in [0.25, 0.3) is 0 Å². The van der Waals surface area contributed by atoms with Gasteiger partial charge in [-0.25, -0.2) is 4.98 Å². The molecule has 0 aliphatic heterocycles. The summed E-state index contributed by atoms with van der Waals surface area (Å²) in [5, 5.41) is 4.36. The molecule has 2 unspecified atom stereocenters. The predicted octanol–water partition coefficient (Wildman–Crippen LogP) is 3.85. The lowest BCUT2D eigenvalue weighted by Gasteiger charge is -2.14. The van der Waals surface area contributed by atoms with Crippen LogP contribution in [0.1, 0.15) is 24.8 Å². The summed E-state index contributed by atoms with van der Waals surface area (Å²) < 4.78 is 1.08. The summed E-state index contributed by atoms with van der Waals surface area (Å²) in [4.78, 5) is 4.39. The average Bonchev–Trinajstić information content (AvgIpc) is 2.71. The van der Waals surface area contributed by atoms with Gasteiger partial charge in [-0.3, -0.25) is 0 Å². The second-order valence-electron chi connectivity index (χ2n) is 4.33. The molecular formula is C12H17BrN2S. The van der Waals surface area contributed by atoms with Crippen molar-refractivity contribution in [3.63, 3.8) is 0 Å². The first-order chi connectivity index (χ1) is 7.69. The molecule has 1 N–H and O–H groups in total. The molecule has 0 radical (unpaired) electrons. The number of halogens is 1. The Labute approximate surface area is 110 Å². The first kappa shape index (κ1) is 12.2. The van der Waals surface area contributed by atoms with Gasteiger partial charge in [0.1, 0.15) is 5.82 Å². The van der Waals surface area contributed by atoms with Crippen LogP contribution in [-0.2, 0) is 0 Å². The molecule has 1 saturated carbocycles. The molecule has 1 fully saturated rings. The molecule has 16 heavy (non-hydrogen) atoms. The predicted molar refractivity (Wildman–Crippen MR) is 75.2 cm³/mol. The number of aromatic nitrogens is 1. The van der Waals surface area contributed by atoms with Gasteiger partial charge >= 0.3 is 0 Å². The Morgan fingerprint density at radius 2 is 2.31 bits per heavy atom. The Balaban J connectivity index is 1.97. The van der Waals surface area contributed by atoms with Gasteiger partial charge in [-0.05, 0) is 60.0 Å². The average molecular weight is 301 g/mol. The monoisotopic (exact) mass is 300 g/mol. The SMILES string of the molecule is CSC1CCC(Nc2cc(C)c(Br)cn2)C1. The molecular weight excluding hydrogens is 284 g/mol. The van der Waals surface area contributed by atoms with Crippen molar-refractivity contribution in [3.05, 3.63) is 22.3 Å². The van der Waals surface area contributed by atoms with Crippen molar-refractivity contribution < 1.29 is 0 Å². The largest absolute Gasteiger partial charge is 0.367 e. The summed E-state index contributed by atoms with van der Waals surface area (Å²) in [6.45, 7) is 2.09. The van der Waals surface area contributed by atoms with Crippen molar-refractivity contribution >= 4 is 33.5 Å². The Morgan fingerprint density at radius 3 is 2.94 bits per heavy atom. The smallest absolute Gasteiger partial charge is 0.126 e. The Kier molecular flexibility index (Phi) is 4.14. The highest BCUT2D eigenvalue weighted by Gasteiger charge is 2.23. The lowest BCUT2D eigenvalue weighted by atomic mass is 10.2. The van der Waals surface area contributed by atoms with Crippen molar-refractivity contribution in [1.29, 1.82) is 0 Å². The molecule has 2 atom stereocenters. The zero-order valence-corrected chi connectivity index (χ0v) is 12.1. The number of nitrogens with zero attached hydrogens (tertiary/aromatic N) is 1. The van der Waals surface area contributed by atoms with E-state index in [2.05, 4.69) is 45.5 Å². The molecule has 1 aliphatic rings. The highest BCUT2D eigenvalue weighted by atomic mass is 79.9. The lowest BCUT2D eigenvalue weighted by Crippen LogP contribution is -2.16. The van der Waals surface area contributed by atoms with Gasteiger partial charge in [0.15, 0.2) is 0 Å². The van der Waals surface area contributed by atoms with E-state index in [0.717, 1.165) is 15.5 Å². The number of hydrogen-bond acceptors (Lipinski definition) is 3. The van der Waals surface area contributed by atoms with E-state index in [4.69, 9.17) is 0 Å². The summed E-state index contributed by atoms with van der Waals surface area (Å²) in [5.41, 5.74) is 1.23. The number of nitrogens with one attached hydrogen (secondary N) is 1. The normalized spacial score (nSPS) is 24.7. The minimum absolute atomic E-state index is 0.602. The summed E-state index contributed by atoms with van der Waals surface area (Å²) >= 11 is 5.45. The molecule has 0 bridgehead atoms. The van der Waals surface area contributed by atoms with Crippen molar-refractivity contribution in [3.8, 4) is 0 Å². The van der Waals surface area contributed by atoms with Crippen LogP contribution >= 0.6 is 27.7 Å². The maximum Gasteiger partial charge on any atom is 0.126 e. The van der Waals surface area contributed by atoms with Crippen LogP contribution in [0.3, 0.4) is 0 Å². The fraction of sp³-hybridized carbons (Fsp3) is 0.583. The molecule has 0 saturated heterocycles. The summed E-state index contributed by atoms with van der Waals surface area (Å²) in [6, 6.07) is 2.71. The minimum atomic E-state index is 0.602. The van der Waals surface area contributed by atoms with Gasteiger partial charge in [0.2, 0.25) is 0 Å². The van der Waals surface area contributed by atoms with Gasteiger partial charge in [-0.1, -0.05) is 0 Å². The van der Waals surface area contributed by atoms with E-state index in [1.165, 1.54) is 24.8 Å². The first-order valence-electron chi connectivity index (χ1n) is 5.60. The van der Waals surface area contributed by atoms with Gasteiger partial charge in [-0.15, -0.1) is 0 Å². The van der Waals surface area contributed by atoms with Gasteiger partial charge in [0.05, 0.1) is 0 Å². The van der Waals surface area contributed by atoms with Crippen molar-refractivity contribution in [2.75, 3.05) is 11.6 Å². The van der Waals surface area contributed by atoms with Crippen molar-refractivity contribution in [2.45, 2.75) is 37.5 Å². The summed E-state index contributed by atoms with van der Waals surface area (Å²) in [6.07, 6.45) is 7.93. The Hall–Kier alpha value is -0.220. The van der Waals surface area contributed by atoms with E-state index in [1.54, 1.807) is 0 Å². The van der Waals surface area contributed by atoms with Crippen LogP contribution in [0.2, 0.25) is 0 Å².